The highest BCUT2D eigenvalue weighted by molar-refractivity contribution is 7.99. The highest BCUT2D eigenvalue weighted by atomic mass is 32.2. The fourth-order valence-electron chi connectivity index (χ4n) is 6.71. The second kappa shape index (κ2) is 18.8. The topological polar surface area (TPSA) is 47.6 Å². The fraction of sp³-hybridized carbons (Fsp3) is 0.385. The predicted octanol–water partition coefficient (Wildman–Crippen LogP) is 15.8. The van der Waals surface area contributed by atoms with Gasteiger partial charge >= 0.3 is 0 Å². The molecular formula is C52H60N2S4. The molecule has 0 aliphatic carbocycles. The van der Waals surface area contributed by atoms with Gasteiger partial charge in [0.2, 0.25) is 0 Å². The number of benzene rings is 5. The van der Waals surface area contributed by atoms with Crippen molar-refractivity contribution in [3.05, 3.63) is 153 Å². The first-order valence-electron chi connectivity index (χ1n) is 20.1. The van der Waals surface area contributed by atoms with E-state index in [-0.39, 0.29) is 21.7 Å². The molecule has 0 saturated carbocycles. The first kappa shape index (κ1) is 45.6. The predicted molar refractivity (Wildman–Crippen MR) is 255 cm³/mol. The normalized spacial score (nSPS) is 12.3. The lowest BCUT2D eigenvalue weighted by Gasteiger charge is -2.23. The van der Waals surface area contributed by atoms with Crippen LogP contribution in [0.25, 0.3) is 0 Å². The van der Waals surface area contributed by atoms with Crippen molar-refractivity contribution in [2.75, 3.05) is 0 Å². The quantitative estimate of drug-likeness (QED) is 0.117. The molecule has 0 aromatic heterocycles. The van der Waals surface area contributed by atoms with Crippen molar-refractivity contribution in [3.8, 4) is 12.1 Å². The molecule has 0 unspecified atom stereocenters. The molecule has 0 saturated heterocycles. The van der Waals surface area contributed by atoms with Crippen molar-refractivity contribution in [2.45, 2.75) is 147 Å². The van der Waals surface area contributed by atoms with E-state index in [1.165, 1.54) is 43.2 Å². The molecule has 2 nitrogen and oxygen atoms in total. The minimum atomic E-state index is 0.0659. The van der Waals surface area contributed by atoms with Gasteiger partial charge in [0.25, 0.3) is 0 Å². The van der Waals surface area contributed by atoms with E-state index in [4.69, 9.17) is 0 Å². The summed E-state index contributed by atoms with van der Waals surface area (Å²) in [6.07, 6.45) is 0. The van der Waals surface area contributed by atoms with E-state index < -0.39 is 0 Å². The minimum absolute atomic E-state index is 0.0659. The molecule has 58 heavy (non-hydrogen) atoms. The van der Waals surface area contributed by atoms with E-state index >= 15 is 0 Å². The third kappa shape index (κ3) is 11.8. The SMILES string of the molecule is CC(C)(C)c1ccc(SCc2c(C#N)c(C#N)c(CSc3ccc(C(C)(C)C)cc3)c(CSc3ccc(C(C)(C)C)cc3)c2CSc2ccc(C(C)(C)C)cc2)cc1. The monoisotopic (exact) mass is 840 g/mol. The van der Waals surface area contributed by atoms with E-state index in [0.29, 0.717) is 34.1 Å². The van der Waals surface area contributed by atoms with Crippen molar-refractivity contribution in [3.63, 3.8) is 0 Å². The lowest BCUT2D eigenvalue weighted by atomic mass is 9.87. The van der Waals surface area contributed by atoms with Crippen LogP contribution in [0.4, 0.5) is 0 Å². The lowest BCUT2D eigenvalue weighted by molar-refractivity contribution is 0.589. The molecule has 5 aromatic rings. The molecule has 0 radical (unpaired) electrons. The standard InChI is InChI=1S/C52H60N2S4/c1-49(2,3)35-13-21-39(22-14-35)55-31-45-43(29-53)44(30-54)46(32-56-40-23-15-36(16-24-40)50(4,5)6)48(34-58-42-27-19-38(20-28-42)52(10,11)12)47(45)33-57-41-25-17-37(18-26-41)51(7,8)9/h13-28H,31-34H2,1-12H3. The zero-order valence-corrected chi connectivity index (χ0v) is 39.9. The van der Waals surface area contributed by atoms with E-state index in [1.807, 2.05) is 23.5 Å². The molecule has 0 aliphatic heterocycles. The highest BCUT2D eigenvalue weighted by Crippen LogP contribution is 2.42. The van der Waals surface area contributed by atoms with Crippen LogP contribution in [-0.4, -0.2) is 0 Å². The van der Waals surface area contributed by atoms with Gasteiger partial charge in [-0.05, 0) is 115 Å². The molecule has 0 N–H and O–H groups in total. The molecule has 0 fully saturated rings. The minimum Gasteiger partial charge on any atom is -0.192 e. The zero-order valence-electron chi connectivity index (χ0n) is 36.6. The average molecular weight is 841 g/mol. The van der Waals surface area contributed by atoms with Crippen LogP contribution in [0.1, 0.15) is 139 Å². The summed E-state index contributed by atoms with van der Waals surface area (Å²) in [6.45, 7) is 26.9. The molecule has 0 bridgehead atoms. The Kier molecular flexibility index (Phi) is 14.8. The Balaban J connectivity index is 1.63. The maximum absolute atomic E-state index is 10.9. The van der Waals surface area contributed by atoms with E-state index in [0.717, 1.165) is 20.9 Å². The van der Waals surface area contributed by atoms with Gasteiger partial charge in [0.1, 0.15) is 12.1 Å². The van der Waals surface area contributed by atoms with Crippen LogP contribution in [0.5, 0.6) is 0 Å². The number of hydrogen-bond acceptors (Lipinski definition) is 6. The summed E-state index contributed by atoms with van der Waals surface area (Å²) in [6, 6.07) is 40.7. The van der Waals surface area contributed by atoms with Crippen LogP contribution >= 0.6 is 47.0 Å². The van der Waals surface area contributed by atoms with Crippen molar-refractivity contribution in [2.24, 2.45) is 0 Å². The first-order chi connectivity index (χ1) is 27.2. The van der Waals surface area contributed by atoms with Crippen molar-refractivity contribution >= 4 is 47.0 Å². The van der Waals surface area contributed by atoms with Gasteiger partial charge < -0.3 is 0 Å². The summed E-state index contributed by atoms with van der Waals surface area (Å²) in [5, 5.41) is 21.9. The second-order valence-corrected chi connectivity index (χ2v) is 23.3. The van der Waals surface area contributed by atoms with Gasteiger partial charge in [0, 0.05) is 42.6 Å². The van der Waals surface area contributed by atoms with Gasteiger partial charge in [0.15, 0.2) is 0 Å². The lowest BCUT2D eigenvalue weighted by Crippen LogP contribution is -2.11. The number of hydrogen-bond donors (Lipinski definition) is 0. The summed E-state index contributed by atoms with van der Waals surface area (Å²) in [5.41, 5.74) is 10.8. The van der Waals surface area contributed by atoms with Crippen LogP contribution < -0.4 is 0 Å². The number of nitriles is 2. The Bertz CT molecular complexity index is 2080. The van der Waals surface area contributed by atoms with Crippen LogP contribution in [0.3, 0.4) is 0 Å². The van der Waals surface area contributed by atoms with Gasteiger partial charge in [-0.3, -0.25) is 0 Å². The van der Waals surface area contributed by atoms with Crippen molar-refractivity contribution in [1.29, 1.82) is 10.5 Å². The van der Waals surface area contributed by atoms with Gasteiger partial charge in [-0.25, -0.2) is 0 Å². The molecule has 5 aromatic carbocycles. The third-order valence-electron chi connectivity index (χ3n) is 10.6. The third-order valence-corrected chi connectivity index (χ3v) is 14.7. The Morgan fingerprint density at radius 2 is 0.517 bits per heavy atom. The Hall–Kier alpha value is -3.52. The maximum atomic E-state index is 10.9. The van der Waals surface area contributed by atoms with Gasteiger partial charge in [0.05, 0.1) is 11.1 Å². The highest BCUT2D eigenvalue weighted by Gasteiger charge is 2.26. The van der Waals surface area contributed by atoms with Crippen LogP contribution in [0.2, 0.25) is 0 Å². The number of nitrogens with zero attached hydrogens (tertiary/aromatic N) is 2. The molecular weight excluding hydrogens is 781 g/mol. The van der Waals surface area contributed by atoms with Gasteiger partial charge in [-0.1, -0.05) is 132 Å². The molecule has 6 heteroatoms. The van der Waals surface area contributed by atoms with Crippen molar-refractivity contribution in [1.82, 2.24) is 0 Å². The zero-order chi connectivity index (χ0) is 42.5. The summed E-state index contributed by atoms with van der Waals surface area (Å²) < 4.78 is 0. The molecule has 5 rings (SSSR count). The van der Waals surface area contributed by atoms with Gasteiger partial charge in [-0.15, -0.1) is 47.0 Å². The fourth-order valence-corrected chi connectivity index (χ4v) is 10.6. The van der Waals surface area contributed by atoms with Crippen molar-refractivity contribution < 1.29 is 0 Å². The van der Waals surface area contributed by atoms with E-state index in [1.54, 1.807) is 23.5 Å². The molecule has 0 spiro atoms. The van der Waals surface area contributed by atoms with Crippen LogP contribution in [0.15, 0.2) is 117 Å². The molecule has 0 heterocycles. The molecule has 0 amide bonds. The largest absolute Gasteiger partial charge is 0.192 e. The van der Waals surface area contributed by atoms with E-state index in [9.17, 15) is 10.5 Å². The number of thioether (sulfide) groups is 4. The summed E-state index contributed by atoms with van der Waals surface area (Å²) in [5.74, 6) is 2.60. The summed E-state index contributed by atoms with van der Waals surface area (Å²) in [7, 11) is 0. The van der Waals surface area contributed by atoms with Gasteiger partial charge in [-0.2, -0.15) is 10.5 Å². The molecule has 0 atom stereocenters. The Morgan fingerprint density at radius 1 is 0.328 bits per heavy atom. The average Bonchev–Trinajstić information content (AvgIpc) is 3.16. The second-order valence-electron chi connectivity index (χ2n) is 19.1. The molecule has 302 valence electrons. The molecule has 0 aliphatic rings. The Labute approximate surface area is 367 Å². The summed E-state index contributed by atoms with van der Waals surface area (Å²) in [4.78, 5) is 4.69. The van der Waals surface area contributed by atoms with Crippen LogP contribution in [-0.2, 0) is 44.7 Å². The smallest absolute Gasteiger partial charge is 0.101 e. The van der Waals surface area contributed by atoms with E-state index in [2.05, 4.69) is 192 Å². The maximum Gasteiger partial charge on any atom is 0.101 e. The number of rotatable bonds is 12. The van der Waals surface area contributed by atoms with Crippen LogP contribution in [0, 0.1) is 22.7 Å². The first-order valence-corrected chi connectivity index (χ1v) is 24.1. The summed E-state index contributed by atoms with van der Waals surface area (Å²) >= 11 is 7.13. The Morgan fingerprint density at radius 3 is 0.690 bits per heavy atom.